The number of carbonyl (C=O) groups is 2. The number of aromatic nitrogens is 2. The highest BCUT2D eigenvalue weighted by molar-refractivity contribution is 6.12. The lowest BCUT2D eigenvalue weighted by Gasteiger charge is -2.24. The van der Waals surface area contributed by atoms with Crippen LogP contribution in [0.3, 0.4) is 0 Å². The maximum Gasteiger partial charge on any atom is 0.323 e. The van der Waals surface area contributed by atoms with E-state index in [1.165, 1.54) is 4.90 Å². The second-order valence-corrected chi connectivity index (χ2v) is 6.17. The van der Waals surface area contributed by atoms with Crippen molar-refractivity contribution in [3.63, 3.8) is 0 Å². The van der Waals surface area contributed by atoms with Gasteiger partial charge in [0.15, 0.2) is 0 Å². The molecule has 3 aromatic rings. The highest BCUT2D eigenvalue weighted by atomic mass is 16.2. The van der Waals surface area contributed by atoms with Crippen LogP contribution >= 0.6 is 0 Å². The Morgan fingerprint density at radius 1 is 1.08 bits per heavy atom. The molecule has 1 aliphatic heterocycles. The normalized spacial score (nSPS) is 14.6. The zero-order valence-electron chi connectivity index (χ0n) is 14.0. The third-order valence-electron chi connectivity index (χ3n) is 4.53. The first-order valence-corrected chi connectivity index (χ1v) is 8.10. The molecule has 0 unspecified atom stereocenters. The summed E-state index contributed by atoms with van der Waals surface area (Å²) in [5.41, 5.74) is 3.26. The van der Waals surface area contributed by atoms with E-state index in [1.807, 2.05) is 12.1 Å². The van der Waals surface area contributed by atoms with Crippen molar-refractivity contribution < 1.29 is 9.59 Å². The van der Waals surface area contributed by atoms with Gasteiger partial charge in [0.25, 0.3) is 5.91 Å². The molecule has 130 valence electrons. The molecule has 1 aromatic heterocycles. The molecule has 0 aliphatic carbocycles. The number of fused-ring (bicyclic) bond motifs is 2. The highest BCUT2D eigenvalue weighted by Crippen LogP contribution is 2.33. The first kappa shape index (κ1) is 15.9. The van der Waals surface area contributed by atoms with Crippen LogP contribution < -0.4 is 11.0 Å². The number of H-pyrrole nitrogens is 2. The molecule has 2 aromatic carbocycles. The molecule has 26 heavy (non-hydrogen) atoms. The SMILES string of the molecule is C=C1c2ccccc2C(=O)N1[C@H](C)C(=O)Nc1ccc2[nH]c(=O)[nH]c2c1. The van der Waals surface area contributed by atoms with Crippen molar-refractivity contribution in [3.05, 3.63) is 70.7 Å². The van der Waals surface area contributed by atoms with Crippen LogP contribution in [0.5, 0.6) is 0 Å². The van der Waals surface area contributed by atoms with E-state index in [0.29, 0.717) is 28.0 Å². The monoisotopic (exact) mass is 348 g/mol. The van der Waals surface area contributed by atoms with Crippen LogP contribution in [0, 0.1) is 0 Å². The number of rotatable bonds is 3. The molecule has 0 saturated heterocycles. The summed E-state index contributed by atoms with van der Waals surface area (Å²) in [7, 11) is 0. The first-order chi connectivity index (χ1) is 12.5. The Hall–Kier alpha value is -3.61. The van der Waals surface area contributed by atoms with E-state index in [2.05, 4.69) is 21.9 Å². The van der Waals surface area contributed by atoms with Gasteiger partial charge in [0, 0.05) is 22.5 Å². The van der Waals surface area contributed by atoms with Gasteiger partial charge in [-0.05, 0) is 31.2 Å². The highest BCUT2D eigenvalue weighted by Gasteiger charge is 2.36. The van der Waals surface area contributed by atoms with Gasteiger partial charge >= 0.3 is 5.69 Å². The number of anilines is 1. The van der Waals surface area contributed by atoms with Crippen LogP contribution in [-0.2, 0) is 4.79 Å². The number of hydrogen-bond donors (Lipinski definition) is 3. The lowest BCUT2D eigenvalue weighted by molar-refractivity contribution is -0.119. The molecular weight excluding hydrogens is 332 g/mol. The Balaban J connectivity index is 1.57. The summed E-state index contributed by atoms with van der Waals surface area (Å²) in [4.78, 5) is 43.3. The molecule has 3 N–H and O–H groups in total. The molecule has 1 aliphatic rings. The zero-order valence-corrected chi connectivity index (χ0v) is 14.0. The maximum atomic E-state index is 12.7. The molecule has 0 fully saturated rings. The Morgan fingerprint density at radius 2 is 1.77 bits per heavy atom. The third-order valence-corrected chi connectivity index (χ3v) is 4.53. The van der Waals surface area contributed by atoms with Gasteiger partial charge < -0.3 is 15.3 Å². The fourth-order valence-electron chi connectivity index (χ4n) is 3.19. The molecule has 1 atom stereocenters. The fourth-order valence-corrected chi connectivity index (χ4v) is 3.19. The Morgan fingerprint density at radius 3 is 2.50 bits per heavy atom. The van der Waals surface area contributed by atoms with Gasteiger partial charge in [0.1, 0.15) is 6.04 Å². The largest absolute Gasteiger partial charge is 0.324 e. The summed E-state index contributed by atoms with van der Waals surface area (Å²) in [6, 6.07) is 11.5. The predicted octanol–water partition coefficient (Wildman–Crippen LogP) is 2.31. The van der Waals surface area contributed by atoms with Crippen molar-refractivity contribution in [2.75, 3.05) is 5.32 Å². The molecule has 0 saturated carbocycles. The van der Waals surface area contributed by atoms with Gasteiger partial charge in [-0.3, -0.25) is 14.5 Å². The van der Waals surface area contributed by atoms with Crippen molar-refractivity contribution in [2.45, 2.75) is 13.0 Å². The summed E-state index contributed by atoms with van der Waals surface area (Å²) in [6.45, 7) is 5.62. The minimum atomic E-state index is -0.733. The quantitative estimate of drug-likeness (QED) is 0.677. The fraction of sp³-hybridized carbons (Fsp3) is 0.105. The van der Waals surface area contributed by atoms with E-state index in [4.69, 9.17) is 0 Å². The molecule has 0 bridgehead atoms. The minimum absolute atomic E-state index is 0.237. The average molecular weight is 348 g/mol. The first-order valence-electron chi connectivity index (χ1n) is 8.10. The minimum Gasteiger partial charge on any atom is -0.324 e. The van der Waals surface area contributed by atoms with E-state index in [1.54, 1.807) is 37.3 Å². The Labute approximate surface area is 148 Å². The van der Waals surface area contributed by atoms with Crippen LogP contribution in [0.25, 0.3) is 16.7 Å². The van der Waals surface area contributed by atoms with Crippen LogP contribution in [0.2, 0.25) is 0 Å². The number of amides is 2. The lowest BCUT2D eigenvalue weighted by Crippen LogP contribution is -2.41. The van der Waals surface area contributed by atoms with Crippen LogP contribution in [-0.4, -0.2) is 32.7 Å². The van der Waals surface area contributed by atoms with Crippen LogP contribution in [0.4, 0.5) is 5.69 Å². The van der Waals surface area contributed by atoms with Gasteiger partial charge in [-0.25, -0.2) is 4.79 Å². The van der Waals surface area contributed by atoms with Crippen molar-refractivity contribution >= 4 is 34.2 Å². The molecule has 0 radical (unpaired) electrons. The lowest BCUT2D eigenvalue weighted by atomic mass is 10.1. The van der Waals surface area contributed by atoms with Gasteiger partial charge in [0.2, 0.25) is 5.91 Å². The second kappa shape index (κ2) is 5.73. The molecule has 2 heterocycles. The van der Waals surface area contributed by atoms with E-state index >= 15 is 0 Å². The Kier molecular flexibility index (Phi) is 3.50. The van der Waals surface area contributed by atoms with Crippen molar-refractivity contribution in [1.29, 1.82) is 0 Å². The smallest absolute Gasteiger partial charge is 0.323 e. The topological polar surface area (TPSA) is 98.1 Å². The van der Waals surface area contributed by atoms with Gasteiger partial charge in [-0.2, -0.15) is 0 Å². The number of nitrogens with zero attached hydrogens (tertiary/aromatic N) is 1. The van der Waals surface area contributed by atoms with E-state index in [-0.39, 0.29) is 17.5 Å². The Bertz CT molecular complexity index is 1090. The summed E-state index contributed by atoms with van der Waals surface area (Å²) in [5, 5.41) is 2.78. The molecule has 0 spiro atoms. The third kappa shape index (κ3) is 2.41. The van der Waals surface area contributed by atoms with Crippen molar-refractivity contribution in [1.82, 2.24) is 14.9 Å². The molecular formula is C19H16N4O3. The van der Waals surface area contributed by atoms with E-state index in [0.717, 1.165) is 5.56 Å². The average Bonchev–Trinajstić information content (AvgIpc) is 3.11. The van der Waals surface area contributed by atoms with E-state index in [9.17, 15) is 14.4 Å². The summed E-state index contributed by atoms with van der Waals surface area (Å²) in [6.07, 6.45) is 0. The number of carbonyl (C=O) groups excluding carboxylic acids is 2. The standard InChI is InChI=1S/C19H16N4O3/c1-10-13-5-3-4-6-14(13)18(25)23(10)11(2)17(24)20-12-7-8-15-16(9-12)22-19(26)21-15/h3-9,11H,1H2,2H3,(H,20,24)(H2,21,22,26)/t11-/m1/s1. The zero-order chi connectivity index (χ0) is 18.4. The second-order valence-electron chi connectivity index (χ2n) is 6.17. The van der Waals surface area contributed by atoms with E-state index < -0.39 is 6.04 Å². The molecule has 7 nitrogen and oxygen atoms in total. The number of nitrogens with one attached hydrogen (secondary N) is 3. The van der Waals surface area contributed by atoms with Gasteiger partial charge in [-0.1, -0.05) is 24.8 Å². The van der Waals surface area contributed by atoms with Gasteiger partial charge in [-0.15, -0.1) is 0 Å². The summed E-state index contributed by atoms with van der Waals surface area (Å²) >= 11 is 0. The predicted molar refractivity (Wildman–Crippen MR) is 98.7 cm³/mol. The maximum absolute atomic E-state index is 12.7. The van der Waals surface area contributed by atoms with Gasteiger partial charge in [0.05, 0.1) is 11.0 Å². The van der Waals surface area contributed by atoms with Crippen molar-refractivity contribution in [2.24, 2.45) is 0 Å². The number of aromatic amines is 2. The molecule has 2 amide bonds. The summed E-state index contributed by atoms with van der Waals surface area (Å²) in [5.74, 6) is -0.580. The molecule has 7 heteroatoms. The number of benzene rings is 2. The number of imidazole rings is 1. The summed E-state index contributed by atoms with van der Waals surface area (Å²) < 4.78 is 0. The number of hydrogen-bond acceptors (Lipinski definition) is 3. The van der Waals surface area contributed by atoms with Crippen molar-refractivity contribution in [3.8, 4) is 0 Å². The van der Waals surface area contributed by atoms with Crippen LogP contribution in [0.1, 0.15) is 22.8 Å². The molecule has 4 rings (SSSR count). The van der Waals surface area contributed by atoms with Crippen LogP contribution in [0.15, 0.2) is 53.8 Å².